The molecule has 1 saturated heterocycles. The maximum absolute atomic E-state index is 12.7. The second-order valence-corrected chi connectivity index (χ2v) is 14.3. The monoisotopic (exact) mass is 574 g/mol. The van der Waals surface area contributed by atoms with Crippen LogP contribution >= 0.6 is 0 Å². The van der Waals surface area contributed by atoms with E-state index in [4.69, 9.17) is 14.2 Å². The molecule has 1 unspecified atom stereocenters. The molecule has 3 aliphatic carbocycles. The number of rotatable bonds is 10. The molecule has 0 amide bonds. The lowest BCUT2D eigenvalue weighted by molar-refractivity contribution is -0.221. The molecule has 2 aliphatic heterocycles. The standard InChI is InChI=1S/C35H46N2O5/c1-33(2,3)42-29(39)21-36-26-15-16-35(40-19-7-10-23-8-5-4-6-9-23)28-20-25-13-14-27(38)31-30(25)34(35,32(26)41-31)17-18-37(28)22-24-11-12-24/h4-6,8-9,13-14,24,26,28,32,36,38H,7,10-12,15-22H2,1-3H3/t26-,28?,32+,34+,35-/m1/s1. The Morgan fingerprint density at radius 3 is 2.69 bits per heavy atom. The molecule has 226 valence electrons. The lowest BCUT2D eigenvalue weighted by Gasteiger charge is -2.66. The molecule has 1 spiro atoms. The fourth-order valence-electron chi connectivity index (χ4n) is 8.72. The van der Waals surface area contributed by atoms with Gasteiger partial charge >= 0.3 is 5.97 Å². The van der Waals surface area contributed by atoms with Crippen molar-refractivity contribution in [2.75, 3.05) is 26.2 Å². The third-order valence-corrected chi connectivity index (χ3v) is 10.5. The number of nitrogens with one attached hydrogen (secondary N) is 1. The van der Waals surface area contributed by atoms with Gasteiger partial charge in [-0.25, -0.2) is 0 Å². The van der Waals surface area contributed by atoms with Crippen LogP contribution in [-0.2, 0) is 32.5 Å². The van der Waals surface area contributed by atoms with Gasteiger partial charge in [0, 0.05) is 30.8 Å². The molecule has 7 nitrogen and oxygen atoms in total. The van der Waals surface area contributed by atoms with Gasteiger partial charge in [0.1, 0.15) is 11.7 Å². The summed E-state index contributed by atoms with van der Waals surface area (Å²) in [6.07, 6.45) is 7.96. The molecular formula is C35H46N2O5. The Balaban J connectivity index is 1.22. The van der Waals surface area contributed by atoms with Gasteiger partial charge in [0.15, 0.2) is 11.5 Å². The number of benzene rings is 2. The van der Waals surface area contributed by atoms with Crippen molar-refractivity contribution in [1.29, 1.82) is 0 Å². The van der Waals surface area contributed by atoms with Gasteiger partial charge in [0.2, 0.25) is 0 Å². The molecule has 2 heterocycles. The van der Waals surface area contributed by atoms with E-state index < -0.39 is 11.2 Å². The lowest BCUT2D eigenvalue weighted by atomic mass is 9.48. The second-order valence-electron chi connectivity index (χ2n) is 14.3. The molecule has 2 N–H and O–H groups in total. The largest absolute Gasteiger partial charge is 0.504 e. The summed E-state index contributed by atoms with van der Waals surface area (Å²) >= 11 is 0. The first-order chi connectivity index (χ1) is 20.2. The molecule has 5 aliphatic rings. The second kappa shape index (κ2) is 10.5. The summed E-state index contributed by atoms with van der Waals surface area (Å²) in [7, 11) is 0. The van der Waals surface area contributed by atoms with Gasteiger partial charge in [0.05, 0.1) is 17.6 Å². The summed E-state index contributed by atoms with van der Waals surface area (Å²) in [5.74, 6) is 1.39. The molecule has 5 atom stereocenters. The average molecular weight is 575 g/mol. The van der Waals surface area contributed by atoms with Gasteiger partial charge in [0.25, 0.3) is 0 Å². The Labute approximate surface area is 249 Å². The van der Waals surface area contributed by atoms with Crippen molar-refractivity contribution in [2.45, 2.75) is 107 Å². The van der Waals surface area contributed by atoms with Crippen LogP contribution in [0.5, 0.6) is 11.5 Å². The summed E-state index contributed by atoms with van der Waals surface area (Å²) in [5.41, 5.74) is 2.48. The van der Waals surface area contributed by atoms with E-state index in [0.29, 0.717) is 12.4 Å². The Morgan fingerprint density at radius 1 is 1.12 bits per heavy atom. The minimum atomic E-state index is -0.529. The minimum Gasteiger partial charge on any atom is -0.504 e. The Kier molecular flexibility index (Phi) is 7.06. The maximum atomic E-state index is 12.7. The van der Waals surface area contributed by atoms with Crippen molar-refractivity contribution < 1.29 is 24.1 Å². The van der Waals surface area contributed by atoms with Gasteiger partial charge in [-0.1, -0.05) is 36.4 Å². The number of phenols is 1. The van der Waals surface area contributed by atoms with E-state index >= 15 is 0 Å². The van der Waals surface area contributed by atoms with Crippen LogP contribution in [0.25, 0.3) is 0 Å². The summed E-state index contributed by atoms with van der Waals surface area (Å²) in [6.45, 7) is 8.66. The van der Waals surface area contributed by atoms with Crippen molar-refractivity contribution in [3.05, 3.63) is 59.2 Å². The van der Waals surface area contributed by atoms with E-state index in [1.165, 1.54) is 29.5 Å². The van der Waals surface area contributed by atoms with Gasteiger partial charge in [-0.3, -0.25) is 9.69 Å². The number of aromatic hydroxyl groups is 1. The summed E-state index contributed by atoms with van der Waals surface area (Å²) in [4.78, 5) is 15.5. The molecule has 7 rings (SSSR count). The fraction of sp³-hybridized carbons (Fsp3) is 0.629. The smallest absolute Gasteiger partial charge is 0.320 e. The van der Waals surface area contributed by atoms with Crippen molar-refractivity contribution in [3.8, 4) is 11.5 Å². The number of piperidine rings is 1. The summed E-state index contributed by atoms with van der Waals surface area (Å²) < 4.78 is 19.7. The highest BCUT2D eigenvalue weighted by Crippen LogP contribution is 2.66. The topological polar surface area (TPSA) is 80.3 Å². The Morgan fingerprint density at radius 2 is 1.93 bits per heavy atom. The number of hydrogen-bond donors (Lipinski definition) is 2. The molecular weight excluding hydrogens is 528 g/mol. The van der Waals surface area contributed by atoms with Crippen LogP contribution in [0.15, 0.2) is 42.5 Å². The highest BCUT2D eigenvalue weighted by molar-refractivity contribution is 5.72. The number of hydrogen-bond acceptors (Lipinski definition) is 7. The van der Waals surface area contributed by atoms with Gasteiger partial charge in [-0.2, -0.15) is 0 Å². The number of esters is 1. The highest BCUT2D eigenvalue weighted by Gasteiger charge is 2.74. The number of phenolic OH excluding ortho intramolecular Hbond substituents is 1. The molecule has 7 heteroatoms. The van der Waals surface area contributed by atoms with Crippen LogP contribution in [-0.4, -0.2) is 71.6 Å². The molecule has 2 saturated carbocycles. The Hall–Kier alpha value is -2.61. The summed E-state index contributed by atoms with van der Waals surface area (Å²) in [5, 5.41) is 14.6. The SMILES string of the molecule is CC(C)(C)OC(=O)CN[C@@H]1CC[C@@]2(OCCCc3ccccc3)C3Cc4ccc(O)c5c4[C@@]2(CCN3CC2CC2)[C@H]1O5. The first kappa shape index (κ1) is 28.2. The normalized spacial score (nSPS) is 31.4. The van der Waals surface area contributed by atoms with E-state index in [9.17, 15) is 9.90 Å². The molecule has 0 aromatic heterocycles. The van der Waals surface area contributed by atoms with Gasteiger partial charge in [-0.05, 0) is 102 Å². The van der Waals surface area contributed by atoms with Crippen molar-refractivity contribution in [1.82, 2.24) is 10.2 Å². The zero-order chi connectivity index (χ0) is 29.1. The molecule has 2 aromatic rings. The van der Waals surface area contributed by atoms with E-state index in [-0.39, 0.29) is 41.9 Å². The van der Waals surface area contributed by atoms with Crippen LogP contribution in [0.3, 0.4) is 0 Å². The molecule has 42 heavy (non-hydrogen) atoms. The maximum Gasteiger partial charge on any atom is 0.320 e. The quantitative estimate of drug-likeness (QED) is 0.308. The van der Waals surface area contributed by atoms with Crippen molar-refractivity contribution >= 4 is 5.97 Å². The van der Waals surface area contributed by atoms with Crippen molar-refractivity contribution in [3.63, 3.8) is 0 Å². The first-order valence-electron chi connectivity index (χ1n) is 16.1. The molecule has 2 aromatic carbocycles. The third kappa shape index (κ3) is 4.72. The van der Waals surface area contributed by atoms with Gasteiger partial charge in [-0.15, -0.1) is 0 Å². The molecule has 3 fully saturated rings. The van der Waals surface area contributed by atoms with Gasteiger partial charge < -0.3 is 24.6 Å². The number of likely N-dealkylation sites (tertiary alicyclic amines) is 1. The molecule has 0 radical (unpaired) electrons. The summed E-state index contributed by atoms with van der Waals surface area (Å²) in [6, 6.07) is 14.8. The fourth-order valence-corrected chi connectivity index (χ4v) is 8.72. The van der Waals surface area contributed by atoms with Crippen LogP contribution in [0.4, 0.5) is 0 Å². The average Bonchev–Trinajstić information content (AvgIpc) is 3.70. The first-order valence-corrected chi connectivity index (χ1v) is 16.1. The third-order valence-electron chi connectivity index (χ3n) is 10.5. The molecule has 2 bridgehead atoms. The minimum absolute atomic E-state index is 0.0491. The van der Waals surface area contributed by atoms with Crippen LogP contribution in [0.2, 0.25) is 0 Å². The van der Waals surface area contributed by atoms with E-state index in [0.717, 1.165) is 57.5 Å². The number of carbonyl (C=O) groups excluding carboxylic acids is 1. The van der Waals surface area contributed by atoms with Crippen LogP contribution < -0.4 is 10.1 Å². The number of ether oxygens (including phenoxy) is 3. The number of aryl methyl sites for hydroxylation is 1. The zero-order valence-electron chi connectivity index (χ0n) is 25.4. The Bertz CT molecular complexity index is 1320. The van der Waals surface area contributed by atoms with E-state index in [1.807, 2.05) is 20.8 Å². The number of carbonyl (C=O) groups is 1. The lowest BCUT2D eigenvalue weighted by Crippen LogP contribution is -2.79. The predicted octanol–water partition coefficient (Wildman–Crippen LogP) is 4.91. The predicted molar refractivity (Wildman–Crippen MR) is 161 cm³/mol. The number of nitrogens with zero attached hydrogens (tertiary/aromatic N) is 1. The van der Waals surface area contributed by atoms with Crippen LogP contribution in [0.1, 0.15) is 76.0 Å². The van der Waals surface area contributed by atoms with Crippen molar-refractivity contribution in [2.24, 2.45) is 5.92 Å². The van der Waals surface area contributed by atoms with E-state index in [2.05, 4.69) is 46.6 Å². The highest BCUT2D eigenvalue weighted by atomic mass is 16.6. The van der Waals surface area contributed by atoms with E-state index in [1.54, 1.807) is 6.07 Å². The zero-order valence-corrected chi connectivity index (χ0v) is 25.4. The van der Waals surface area contributed by atoms with Crippen LogP contribution in [0, 0.1) is 5.92 Å².